The van der Waals surface area contributed by atoms with Gasteiger partial charge in [-0.05, 0) is 53.7 Å². The minimum atomic E-state index is -0.800. The van der Waals surface area contributed by atoms with E-state index in [9.17, 15) is 19.2 Å². The fraction of sp³-hybridized carbons (Fsp3) is 0.792. The van der Waals surface area contributed by atoms with Crippen LogP contribution in [0.4, 0.5) is 9.59 Å². The number of hydrazine groups is 3. The Morgan fingerprint density at radius 2 is 1.04 bits per heavy atom. The SMILES string of the molecule is CC(C)(C)OC(=O)N(C1COCCOC1)N1C(=O)c2ccccc2C1=O.CC(C)(C)OC(=O)N(N)C1COCCOC1.Cl.ClCC1CO1.NNC1COCCOC1.OC1COCCOC1.OCCO.OCCOCC1CO1. The highest BCUT2D eigenvalue weighted by Crippen LogP contribution is 2.27. The quantitative estimate of drug-likeness (QED) is 0.0309. The fourth-order valence-electron chi connectivity index (χ4n) is 5.97. The van der Waals surface area contributed by atoms with E-state index in [1.54, 1.807) is 65.8 Å². The molecule has 0 radical (unpaired) electrons. The zero-order valence-electron chi connectivity index (χ0n) is 45.3. The number of epoxide rings is 2. The van der Waals surface area contributed by atoms with Gasteiger partial charge in [-0.1, -0.05) is 12.1 Å². The van der Waals surface area contributed by atoms with Crippen molar-refractivity contribution in [2.24, 2.45) is 11.7 Å². The molecule has 448 valence electrons. The highest BCUT2D eigenvalue weighted by molar-refractivity contribution is 6.21. The maximum atomic E-state index is 12.8. The zero-order chi connectivity index (χ0) is 56.4. The molecule has 6 fully saturated rings. The largest absolute Gasteiger partial charge is 0.443 e. The molecule has 0 aliphatic carbocycles. The molecule has 7 heterocycles. The molecule has 0 saturated carbocycles. The van der Waals surface area contributed by atoms with E-state index in [1.807, 2.05) is 0 Å². The van der Waals surface area contributed by atoms with Gasteiger partial charge in [0.05, 0.1) is 187 Å². The molecular formula is C48H86Cl2N6O21. The molecule has 29 heteroatoms. The van der Waals surface area contributed by atoms with Gasteiger partial charge in [-0.3, -0.25) is 20.9 Å². The average molecular weight is 1150 g/mol. The van der Waals surface area contributed by atoms with Crippen LogP contribution in [-0.2, 0) is 61.6 Å². The summed E-state index contributed by atoms with van der Waals surface area (Å²) >= 11 is 5.27. The summed E-state index contributed by atoms with van der Waals surface area (Å²) in [5.74, 6) is 10.4. The van der Waals surface area contributed by atoms with Gasteiger partial charge in [0, 0.05) is 0 Å². The summed E-state index contributed by atoms with van der Waals surface area (Å²) in [6.45, 7) is 20.7. The first kappa shape index (κ1) is 71.8. The van der Waals surface area contributed by atoms with E-state index in [-0.39, 0.29) is 68.7 Å². The summed E-state index contributed by atoms with van der Waals surface area (Å²) in [5.41, 5.74) is 1.75. The maximum Gasteiger partial charge on any atom is 0.430 e. The zero-order valence-corrected chi connectivity index (χ0v) is 46.8. The molecule has 6 saturated heterocycles. The summed E-state index contributed by atoms with van der Waals surface area (Å²) in [5, 5.41) is 35.2. The molecule has 0 aromatic heterocycles. The van der Waals surface area contributed by atoms with Crippen LogP contribution in [0.15, 0.2) is 24.3 Å². The standard InChI is InChI=1S/C18H22N2O6.C10H20N2O4.C5H12N2O2.2C5H10O3.C3H5ClO.C2H6O2.ClH/c1-18(2,3)26-17(23)19(12-10-24-8-9-25-11-12)20-15(21)13-6-4-5-7-14(13)16(20)22;1-10(2,3)16-9(13)12(11)8-6-14-4-5-15-7-8;6-7-5-3-8-1-2-9-4-5;6-5-3-7-1-2-8-4-5;6-1-2-7-3-5-4-8-5;4-1-3-2-5-3;3-1-2-4;/h4-7,12H,8-11H2,1-3H3;8H,4-7,11H2,1-3H3;5,7H,1-4,6H2;2*5-6H,1-4H2;3H,1-2H2;3-4H,1-2H2;1H. The normalized spacial score (nSPS) is 20.9. The summed E-state index contributed by atoms with van der Waals surface area (Å²) in [6, 6.07) is 5.66. The van der Waals surface area contributed by atoms with Crippen LogP contribution in [0.25, 0.3) is 0 Å². The molecule has 0 bridgehead atoms. The molecule has 9 N–H and O–H groups in total. The van der Waals surface area contributed by atoms with Gasteiger partial charge >= 0.3 is 12.2 Å². The second-order valence-electron chi connectivity index (χ2n) is 18.9. The molecule has 1 aromatic carbocycles. The number of aliphatic hydroxyl groups is 4. The van der Waals surface area contributed by atoms with Crippen molar-refractivity contribution >= 4 is 48.0 Å². The van der Waals surface area contributed by atoms with Crippen LogP contribution >= 0.6 is 24.0 Å². The molecule has 77 heavy (non-hydrogen) atoms. The van der Waals surface area contributed by atoms with E-state index in [4.69, 9.17) is 105 Å². The molecule has 1 aromatic rings. The Hall–Kier alpha value is -3.24. The molecular weight excluding hydrogens is 1070 g/mol. The highest BCUT2D eigenvalue weighted by atomic mass is 35.5. The predicted molar refractivity (Wildman–Crippen MR) is 278 cm³/mol. The van der Waals surface area contributed by atoms with Crippen molar-refractivity contribution in [2.45, 2.75) is 89.2 Å². The van der Waals surface area contributed by atoms with Gasteiger partial charge in [0.25, 0.3) is 11.8 Å². The molecule has 2 unspecified atom stereocenters. The fourth-order valence-corrected chi connectivity index (χ4v) is 6.15. The number of amides is 4. The number of imide groups is 1. The minimum Gasteiger partial charge on any atom is -0.443 e. The van der Waals surface area contributed by atoms with Gasteiger partial charge in [0.1, 0.15) is 29.5 Å². The van der Waals surface area contributed by atoms with Crippen molar-refractivity contribution in [3.05, 3.63) is 35.4 Å². The van der Waals surface area contributed by atoms with Gasteiger partial charge < -0.3 is 82.0 Å². The summed E-state index contributed by atoms with van der Waals surface area (Å²) in [7, 11) is 0. The molecule has 7 aliphatic heterocycles. The lowest BCUT2D eigenvalue weighted by Crippen LogP contribution is -2.58. The second kappa shape index (κ2) is 40.9. The first-order chi connectivity index (χ1) is 36.3. The van der Waals surface area contributed by atoms with Gasteiger partial charge in [-0.15, -0.1) is 24.0 Å². The smallest absolute Gasteiger partial charge is 0.430 e. The predicted octanol–water partition coefficient (Wildman–Crippen LogP) is 0.0328. The van der Waals surface area contributed by atoms with Crippen molar-refractivity contribution in [2.75, 3.05) is 158 Å². The Balaban J connectivity index is 0.000000495. The lowest BCUT2D eigenvalue weighted by atomic mass is 10.1. The first-order valence-corrected chi connectivity index (χ1v) is 25.6. The van der Waals surface area contributed by atoms with Crippen LogP contribution in [-0.4, -0.2) is 265 Å². The number of alkyl halides is 1. The lowest BCUT2D eigenvalue weighted by Gasteiger charge is -2.36. The van der Waals surface area contributed by atoms with Crippen molar-refractivity contribution in [3.8, 4) is 0 Å². The van der Waals surface area contributed by atoms with E-state index in [0.29, 0.717) is 124 Å². The van der Waals surface area contributed by atoms with Crippen molar-refractivity contribution in [3.63, 3.8) is 0 Å². The Morgan fingerprint density at radius 3 is 1.39 bits per heavy atom. The van der Waals surface area contributed by atoms with E-state index in [2.05, 4.69) is 5.43 Å². The van der Waals surface area contributed by atoms with Gasteiger partial charge in [0.2, 0.25) is 0 Å². The number of carbonyl (C=O) groups excluding carboxylic acids is 4. The van der Waals surface area contributed by atoms with Crippen molar-refractivity contribution in [1.82, 2.24) is 20.5 Å². The summed E-state index contributed by atoms with van der Waals surface area (Å²) in [4.78, 5) is 50.1. The number of aliphatic hydroxyl groups excluding tert-OH is 4. The number of nitrogens with one attached hydrogen (secondary N) is 1. The number of fused-ring (bicyclic) bond motifs is 1. The van der Waals surface area contributed by atoms with Crippen LogP contribution in [0.5, 0.6) is 0 Å². The van der Waals surface area contributed by atoms with E-state index >= 15 is 0 Å². The minimum absolute atomic E-state index is 0. The molecule has 4 amide bonds. The van der Waals surface area contributed by atoms with Crippen LogP contribution in [0.2, 0.25) is 0 Å². The monoisotopic (exact) mass is 1150 g/mol. The van der Waals surface area contributed by atoms with E-state index in [1.165, 1.54) is 0 Å². The molecule has 27 nitrogen and oxygen atoms in total. The number of nitrogens with zero attached hydrogens (tertiary/aromatic N) is 3. The van der Waals surface area contributed by atoms with Gasteiger partial charge in [-0.2, -0.15) is 5.01 Å². The van der Waals surface area contributed by atoms with Crippen LogP contribution in [0.1, 0.15) is 62.3 Å². The first-order valence-electron chi connectivity index (χ1n) is 25.0. The van der Waals surface area contributed by atoms with Crippen molar-refractivity contribution in [1.29, 1.82) is 0 Å². The third-order valence-electron chi connectivity index (χ3n) is 9.75. The molecule has 0 spiro atoms. The number of nitrogens with two attached hydrogens (primary N) is 2. The Morgan fingerprint density at radius 1 is 0.649 bits per heavy atom. The molecule has 2 atom stereocenters. The number of carbonyl (C=O) groups is 4. The maximum absolute atomic E-state index is 12.8. The number of hydrogen-bond acceptors (Lipinski definition) is 24. The lowest BCUT2D eigenvalue weighted by molar-refractivity contribution is -0.0619. The Kier molecular flexibility index (Phi) is 38.1. The Bertz CT molecular complexity index is 1680. The van der Waals surface area contributed by atoms with Gasteiger partial charge in [-0.25, -0.2) is 25.4 Å². The third-order valence-corrected chi connectivity index (χ3v) is 10.1. The number of ether oxygens (including phenoxy) is 13. The number of hydrogen-bond donors (Lipinski definition) is 7. The van der Waals surface area contributed by atoms with E-state index in [0.717, 1.165) is 28.2 Å². The van der Waals surface area contributed by atoms with Crippen molar-refractivity contribution < 1.29 is 101 Å². The van der Waals surface area contributed by atoms with Crippen LogP contribution in [0.3, 0.4) is 0 Å². The molecule has 7 aliphatic rings. The summed E-state index contributed by atoms with van der Waals surface area (Å²) in [6.07, 6.45) is -1.06. The van der Waals surface area contributed by atoms with Crippen LogP contribution in [0, 0.1) is 0 Å². The number of benzene rings is 1. The number of rotatable bonds is 10. The third kappa shape index (κ3) is 32.6. The topological polar surface area (TPSA) is 350 Å². The van der Waals surface area contributed by atoms with E-state index < -0.39 is 47.3 Å². The Labute approximate surface area is 462 Å². The second-order valence-corrected chi connectivity index (χ2v) is 19.2. The highest BCUT2D eigenvalue weighted by Gasteiger charge is 2.46. The average Bonchev–Trinajstić information content (AvgIpc) is 4.27. The number of halogens is 2. The molecule has 8 rings (SSSR count). The summed E-state index contributed by atoms with van der Waals surface area (Å²) < 4.78 is 66.6. The van der Waals surface area contributed by atoms with Crippen LogP contribution < -0.4 is 17.1 Å². The van der Waals surface area contributed by atoms with Gasteiger partial charge in [0.15, 0.2) is 0 Å².